The second-order valence-electron chi connectivity index (χ2n) is 5.49. The highest BCUT2D eigenvalue weighted by atomic mass is 15.3. The topological polar surface area (TPSA) is 55.9 Å². The summed E-state index contributed by atoms with van der Waals surface area (Å²) in [4.78, 5) is 0. The largest absolute Gasteiger partial charge is 0.382 e. The van der Waals surface area contributed by atoms with E-state index in [9.17, 15) is 0 Å². The molecule has 1 fully saturated rings. The molecule has 0 saturated heterocycles. The molecule has 0 radical (unpaired) electrons. The number of aromatic nitrogens is 2. The van der Waals surface area contributed by atoms with Crippen molar-refractivity contribution in [1.29, 1.82) is 0 Å². The first-order valence-corrected chi connectivity index (χ1v) is 7.39. The van der Waals surface area contributed by atoms with Gasteiger partial charge in [-0.3, -0.25) is 0 Å². The van der Waals surface area contributed by atoms with Crippen molar-refractivity contribution in [3.05, 3.63) is 41.7 Å². The summed E-state index contributed by atoms with van der Waals surface area (Å²) >= 11 is 0. The molecule has 1 aromatic heterocycles. The van der Waals surface area contributed by atoms with Crippen molar-refractivity contribution in [2.75, 3.05) is 18.4 Å². The minimum absolute atomic E-state index is 0.650. The van der Waals surface area contributed by atoms with E-state index in [0.717, 1.165) is 19.5 Å². The van der Waals surface area contributed by atoms with Gasteiger partial charge in [-0.1, -0.05) is 18.2 Å². The third-order valence-corrected chi connectivity index (χ3v) is 3.81. The normalized spacial score (nSPS) is 14.5. The van der Waals surface area contributed by atoms with Crippen LogP contribution in [0.15, 0.2) is 30.5 Å². The number of aryl methyl sites for hydroxylation is 1. The molecule has 1 heterocycles. The third-order valence-electron chi connectivity index (χ3n) is 3.81. The highest BCUT2D eigenvalue weighted by Gasteiger charge is 2.31. The van der Waals surface area contributed by atoms with Crippen molar-refractivity contribution < 1.29 is 0 Å². The average Bonchev–Trinajstić information content (AvgIpc) is 3.21. The van der Waals surface area contributed by atoms with Gasteiger partial charge in [-0.2, -0.15) is 5.10 Å². The SMILES string of the molecule is Cc1ccccc1-n1ncc(NCCCN)c1C1CC1. The molecule has 0 aliphatic heterocycles. The summed E-state index contributed by atoms with van der Waals surface area (Å²) in [5.74, 6) is 0.650. The summed E-state index contributed by atoms with van der Waals surface area (Å²) in [6, 6.07) is 8.41. The fourth-order valence-electron chi connectivity index (χ4n) is 2.56. The summed E-state index contributed by atoms with van der Waals surface area (Å²) < 4.78 is 2.11. The van der Waals surface area contributed by atoms with Crippen molar-refractivity contribution in [2.24, 2.45) is 5.73 Å². The van der Waals surface area contributed by atoms with Crippen LogP contribution in [0, 0.1) is 6.92 Å². The van der Waals surface area contributed by atoms with Crippen molar-refractivity contribution in [1.82, 2.24) is 9.78 Å². The van der Waals surface area contributed by atoms with Crippen LogP contribution in [-0.2, 0) is 0 Å². The van der Waals surface area contributed by atoms with Gasteiger partial charge in [0, 0.05) is 12.5 Å². The van der Waals surface area contributed by atoms with Gasteiger partial charge < -0.3 is 11.1 Å². The Morgan fingerprint density at radius 2 is 2.15 bits per heavy atom. The number of para-hydroxylation sites is 1. The van der Waals surface area contributed by atoms with Gasteiger partial charge in [-0.15, -0.1) is 0 Å². The Hall–Kier alpha value is -1.81. The van der Waals surface area contributed by atoms with Gasteiger partial charge in [-0.25, -0.2) is 4.68 Å². The molecule has 3 N–H and O–H groups in total. The summed E-state index contributed by atoms with van der Waals surface area (Å²) in [6.07, 6.45) is 5.47. The Bertz CT molecular complexity index is 584. The van der Waals surface area contributed by atoms with Crippen molar-refractivity contribution >= 4 is 5.69 Å². The van der Waals surface area contributed by atoms with Crippen LogP contribution in [0.25, 0.3) is 5.69 Å². The predicted octanol–water partition coefficient (Wildman–Crippen LogP) is 2.82. The van der Waals surface area contributed by atoms with Crippen molar-refractivity contribution in [2.45, 2.75) is 32.1 Å². The Morgan fingerprint density at radius 3 is 2.85 bits per heavy atom. The van der Waals surface area contributed by atoms with E-state index in [2.05, 4.69) is 46.3 Å². The number of benzene rings is 1. The number of rotatable bonds is 6. The van der Waals surface area contributed by atoms with Gasteiger partial charge in [-0.05, 0) is 44.4 Å². The van der Waals surface area contributed by atoms with Gasteiger partial charge in [0.1, 0.15) is 0 Å². The lowest BCUT2D eigenvalue weighted by Crippen LogP contribution is -2.10. The van der Waals surface area contributed by atoms with E-state index >= 15 is 0 Å². The number of hydrogen-bond acceptors (Lipinski definition) is 3. The Morgan fingerprint density at radius 1 is 1.35 bits per heavy atom. The molecule has 2 aromatic rings. The summed E-state index contributed by atoms with van der Waals surface area (Å²) in [5, 5.41) is 8.09. The van der Waals surface area contributed by atoms with Crippen LogP contribution in [0.2, 0.25) is 0 Å². The van der Waals surface area contributed by atoms with E-state index < -0.39 is 0 Å². The number of anilines is 1. The molecule has 0 amide bonds. The first kappa shape index (κ1) is 13.2. The lowest BCUT2D eigenvalue weighted by molar-refractivity contribution is 0.802. The van der Waals surface area contributed by atoms with E-state index in [1.165, 1.54) is 35.5 Å². The minimum atomic E-state index is 0.650. The van der Waals surface area contributed by atoms with Crippen LogP contribution in [0.4, 0.5) is 5.69 Å². The van der Waals surface area contributed by atoms with Crippen LogP contribution in [0.1, 0.15) is 36.4 Å². The predicted molar refractivity (Wildman–Crippen MR) is 82.4 cm³/mol. The standard InChI is InChI=1S/C16H22N4/c1-12-5-2-3-6-15(12)20-16(13-7-8-13)14(11-19-20)18-10-4-9-17/h2-3,5-6,11,13,18H,4,7-10,17H2,1H3. The maximum Gasteiger partial charge on any atom is 0.0766 e. The molecule has 0 atom stereocenters. The number of nitrogens with one attached hydrogen (secondary N) is 1. The summed E-state index contributed by atoms with van der Waals surface area (Å²) in [6.45, 7) is 3.77. The van der Waals surface area contributed by atoms with Crippen LogP contribution in [0.3, 0.4) is 0 Å². The van der Waals surface area contributed by atoms with Crippen molar-refractivity contribution in [3.8, 4) is 5.69 Å². The molecular weight excluding hydrogens is 248 g/mol. The number of nitrogens with two attached hydrogens (primary N) is 1. The molecule has 3 rings (SSSR count). The maximum absolute atomic E-state index is 5.56. The Kier molecular flexibility index (Phi) is 3.74. The fraction of sp³-hybridized carbons (Fsp3) is 0.438. The number of hydrogen-bond donors (Lipinski definition) is 2. The molecule has 20 heavy (non-hydrogen) atoms. The van der Waals surface area contributed by atoms with E-state index in [1.807, 2.05) is 6.20 Å². The molecule has 106 valence electrons. The molecule has 0 spiro atoms. The molecule has 0 bridgehead atoms. The average molecular weight is 270 g/mol. The third kappa shape index (κ3) is 2.56. The maximum atomic E-state index is 5.56. The van der Waals surface area contributed by atoms with Gasteiger partial charge in [0.15, 0.2) is 0 Å². The summed E-state index contributed by atoms with van der Waals surface area (Å²) in [5.41, 5.74) is 10.5. The van der Waals surface area contributed by atoms with Crippen LogP contribution >= 0.6 is 0 Å². The molecular formula is C16H22N4. The molecule has 0 unspecified atom stereocenters. The lowest BCUT2D eigenvalue weighted by Gasteiger charge is -2.12. The van der Waals surface area contributed by atoms with E-state index in [1.54, 1.807) is 0 Å². The second-order valence-corrected chi connectivity index (χ2v) is 5.49. The van der Waals surface area contributed by atoms with Gasteiger partial charge in [0.2, 0.25) is 0 Å². The molecule has 4 heteroatoms. The fourth-order valence-corrected chi connectivity index (χ4v) is 2.56. The number of nitrogens with zero attached hydrogens (tertiary/aromatic N) is 2. The Balaban J connectivity index is 1.93. The molecule has 1 aromatic carbocycles. The molecule has 1 aliphatic rings. The molecule has 1 aliphatic carbocycles. The van der Waals surface area contributed by atoms with Crippen LogP contribution in [-0.4, -0.2) is 22.9 Å². The highest BCUT2D eigenvalue weighted by Crippen LogP contribution is 2.44. The summed E-state index contributed by atoms with van der Waals surface area (Å²) in [7, 11) is 0. The quantitative estimate of drug-likeness (QED) is 0.794. The van der Waals surface area contributed by atoms with E-state index in [-0.39, 0.29) is 0 Å². The first-order valence-electron chi connectivity index (χ1n) is 7.39. The van der Waals surface area contributed by atoms with E-state index in [4.69, 9.17) is 5.73 Å². The van der Waals surface area contributed by atoms with Crippen molar-refractivity contribution in [3.63, 3.8) is 0 Å². The zero-order chi connectivity index (χ0) is 13.9. The second kappa shape index (κ2) is 5.67. The zero-order valence-electron chi connectivity index (χ0n) is 12.0. The monoisotopic (exact) mass is 270 g/mol. The van der Waals surface area contributed by atoms with Gasteiger partial charge in [0.25, 0.3) is 0 Å². The molecule has 1 saturated carbocycles. The van der Waals surface area contributed by atoms with Gasteiger partial charge >= 0.3 is 0 Å². The zero-order valence-corrected chi connectivity index (χ0v) is 12.0. The smallest absolute Gasteiger partial charge is 0.0766 e. The minimum Gasteiger partial charge on any atom is -0.382 e. The molecule has 4 nitrogen and oxygen atoms in total. The first-order chi connectivity index (χ1) is 9.81. The van der Waals surface area contributed by atoms with Crippen LogP contribution in [0.5, 0.6) is 0 Å². The Labute approximate surface area is 120 Å². The van der Waals surface area contributed by atoms with E-state index in [0.29, 0.717) is 5.92 Å². The highest BCUT2D eigenvalue weighted by molar-refractivity contribution is 5.54. The van der Waals surface area contributed by atoms with Gasteiger partial charge in [0.05, 0.1) is 23.3 Å². The lowest BCUT2D eigenvalue weighted by atomic mass is 10.2. The van der Waals surface area contributed by atoms with Crippen LogP contribution < -0.4 is 11.1 Å².